The number of hydrogen-bond donors (Lipinski definition) is 0. The Hall–Kier alpha value is -1.43. The molecule has 0 saturated carbocycles. The van der Waals surface area contributed by atoms with Gasteiger partial charge in [-0.25, -0.2) is 0 Å². The zero-order valence-electron chi connectivity index (χ0n) is 15.8. The van der Waals surface area contributed by atoms with Crippen molar-refractivity contribution in [3.63, 3.8) is 0 Å². The quantitative estimate of drug-likeness (QED) is 0.840. The fourth-order valence-electron chi connectivity index (χ4n) is 3.86. The molecule has 5 nitrogen and oxygen atoms in total. The Bertz CT molecular complexity index is 565. The van der Waals surface area contributed by atoms with Crippen LogP contribution in [0, 0.1) is 0 Å². The molecule has 2 saturated heterocycles. The van der Waals surface area contributed by atoms with E-state index in [-0.39, 0.29) is 18.1 Å². The van der Waals surface area contributed by atoms with Crippen molar-refractivity contribution in [2.75, 3.05) is 46.3 Å². The van der Waals surface area contributed by atoms with Crippen LogP contribution in [0.4, 0.5) is 0 Å². The lowest BCUT2D eigenvalue weighted by Crippen LogP contribution is -2.44. The van der Waals surface area contributed by atoms with Gasteiger partial charge in [0.1, 0.15) is 0 Å². The van der Waals surface area contributed by atoms with E-state index in [2.05, 4.69) is 42.8 Å². The second-order valence-electron chi connectivity index (χ2n) is 7.60. The molecule has 0 aromatic heterocycles. The Morgan fingerprint density at radius 2 is 1.72 bits per heavy atom. The molecule has 0 aliphatic carbocycles. The predicted molar refractivity (Wildman–Crippen MR) is 99.7 cm³/mol. The molecule has 2 heterocycles. The average Bonchev–Trinajstić information content (AvgIpc) is 2.78. The minimum atomic E-state index is 0.162. The molecule has 2 aliphatic heterocycles. The van der Waals surface area contributed by atoms with E-state index in [1.54, 1.807) is 0 Å². The van der Waals surface area contributed by atoms with Gasteiger partial charge in [-0.05, 0) is 51.6 Å². The van der Waals surface area contributed by atoms with Crippen molar-refractivity contribution in [1.29, 1.82) is 0 Å². The number of likely N-dealkylation sites (N-methyl/N-ethyl adjacent to an activating group) is 1. The van der Waals surface area contributed by atoms with Gasteiger partial charge in [-0.15, -0.1) is 0 Å². The van der Waals surface area contributed by atoms with Crippen LogP contribution in [-0.2, 0) is 11.3 Å². The van der Waals surface area contributed by atoms with Crippen molar-refractivity contribution in [2.24, 2.45) is 0 Å². The first-order valence-electron chi connectivity index (χ1n) is 9.46. The minimum absolute atomic E-state index is 0.162. The lowest BCUT2D eigenvalue weighted by molar-refractivity contribution is -0.0704. The molecule has 2 aliphatic rings. The second-order valence-corrected chi connectivity index (χ2v) is 7.60. The zero-order valence-corrected chi connectivity index (χ0v) is 15.8. The standard InChI is InChI=1S/C20H31N3O2/c1-16-13-22(14-17(2)25-16)15-18-5-7-19(8-6-18)20(24)23-10-4-9-21(3)11-12-23/h5-8,16-17H,4,9-15H2,1-3H3. The topological polar surface area (TPSA) is 36.0 Å². The Labute approximate surface area is 151 Å². The number of amides is 1. The van der Waals surface area contributed by atoms with Crippen LogP contribution in [0.1, 0.15) is 36.2 Å². The van der Waals surface area contributed by atoms with E-state index in [9.17, 15) is 4.79 Å². The summed E-state index contributed by atoms with van der Waals surface area (Å²) in [5.41, 5.74) is 2.06. The van der Waals surface area contributed by atoms with Gasteiger partial charge in [-0.3, -0.25) is 9.69 Å². The minimum Gasteiger partial charge on any atom is -0.373 e. The van der Waals surface area contributed by atoms with Gasteiger partial charge in [0.15, 0.2) is 0 Å². The summed E-state index contributed by atoms with van der Waals surface area (Å²) >= 11 is 0. The fourth-order valence-corrected chi connectivity index (χ4v) is 3.86. The predicted octanol–water partition coefficient (Wildman–Crippen LogP) is 2.07. The van der Waals surface area contributed by atoms with Gasteiger partial charge in [-0.1, -0.05) is 12.1 Å². The molecule has 1 aromatic carbocycles. The first-order valence-corrected chi connectivity index (χ1v) is 9.46. The molecule has 3 rings (SSSR count). The SMILES string of the molecule is CC1CN(Cc2ccc(C(=O)N3CCCN(C)CC3)cc2)CC(C)O1. The number of carbonyl (C=O) groups excluding carboxylic acids is 1. The van der Waals surface area contributed by atoms with E-state index >= 15 is 0 Å². The van der Waals surface area contributed by atoms with Crippen molar-refractivity contribution < 1.29 is 9.53 Å². The van der Waals surface area contributed by atoms with Gasteiger partial charge in [0.05, 0.1) is 12.2 Å². The molecule has 138 valence electrons. The van der Waals surface area contributed by atoms with E-state index in [0.29, 0.717) is 0 Å². The van der Waals surface area contributed by atoms with Crippen molar-refractivity contribution in [3.8, 4) is 0 Å². The number of carbonyl (C=O) groups is 1. The van der Waals surface area contributed by atoms with Crippen LogP contribution in [0.2, 0.25) is 0 Å². The number of hydrogen-bond acceptors (Lipinski definition) is 4. The van der Waals surface area contributed by atoms with Crippen molar-refractivity contribution >= 4 is 5.91 Å². The maximum Gasteiger partial charge on any atom is 0.253 e. The van der Waals surface area contributed by atoms with Gasteiger partial charge in [0, 0.05) is 44.8 Å². The van der Waals surface area contributed by atoms with Gasteiger partial charge in [0.2, 0.25) is 0 Å². The maximum atomic E-state index is 12.7. The van der Waals surface area contributed by atoms with Crippen molar-refractivity contribution in [3.05, 3.63) is 35.4 Å². The van der Waals surface area contributed by atoms with Gasteiger partial charge >= 0.3 is 0 Å². The highest BCUT2D eigenvalue weighted by atomic mass is 16.5. The summed E-state index contributed by atoms with van der Waals surface area (Å²) in [6, 6.07) is 8.17. The van der Waals surface area contributed by atoms with Crippen molar-refractivity contribution in [1.82, 2.24) is 14.7 Å². The Morgan fingerprint density at radius 3 is 2.40 bits per heavy atom. The molecule has 2 fully saturated rings. The molecule has 0 radical (unpaired) electrons. The van der Waals surface area contributed by atoms with E-state index in [1.807, 2.05) is 17.0 Å². The summed E-state index contributed by atoms with van der Waals surface area (Å²) in [5.74, 6) is 0.162. The third-order valence-electron chi connectivity index (χ3n) is 5.11. The molecular weight excluding hydrogens is 314 g/mol. The third-order valence-corrected chi connectivity index (χ3v) is 5.11. The van der Waals surface area contributed by atoms with Crippen LogP contribution in [0.25, 0.3) is 0 Å². The zero-order chi connectivity index (χ0) is 17.8. The monoisotopic (exact) mass is 345 g/mol. The Kier molecular flexibility index (Phi) is 6.10. The van der Waals surface area contributed by atoms with E-state index in [0.717, 1.165) is 57.8 Å². The lowest BCUT2D eigenvalue weighted by Gasteiger charge is -2.35. The van der Waals surface area contributed by atoms with Crippen LogP contribution in [0.15, 0.2) is 24.3 Å². The summed E-state index contributed by atoms with van der Waals surface area (Å²) in [7, 11) is 2.12. The molecular formula is C20H31N3O2. The second kappa shape index (κ2) is 8.30. The van der Waals surface area contributed by atoms with E-state index in [1.165, 1.54) is 5.56 Å². The highest BCUT2D eigenvalue weighted by Crippen LogP contribution is 2.16. The van der Waals surface area contributed by atoms with E-state index in [4.69, 9.17) is 4.74 Å². The van der Waals surface area contributed by atoms with E-state index < -0.39 is 0 Å². The van der Waals surface area contributed by atoms with Gasteiger partial charge in [-0.2, -0.15) is 0 Å². The van der Waals surface area contributed by atoms with Crippen LogP contribution < -0.4 is 0 Å². The Morgan fingerprint density at radius 1 is 1.04 bits per heavy atom. The first-order chi connectivity index (χ1) is 12.0. The maximum absolute atomic E-state index is 12.7. The molecule has 0 N–H and O–H groups in total. The van der Waals surface area contributed by atoms with Gasteiger partial charge in [0.25, 0.3) is 5.91 Å². The molecule has 0 bridgehead atoms. The Balaban J connectivity index is 1.59. The normalized spacial score (nSPS) is 26.4. The van der Waals surface area contributed by atoms with Crippen LogP contribution >= 0.6 is 0 Å². The van der Waals surface area contributed by atoms with Gasteiger partial charge < -0.3 is 14.5 Å². The fraction of sp³-hybridized carbons (Fsp3) is 0.650. The van der Waals surface area contributed by atoms with Crippen LogP contribution in [-0.4, -0.2) is 79.1 Å². The molecule has 1 aromatic rings. The summed E-state index contributed by atoms with van der Waals surface area (Å²) < 4.78 is 5.79. The number of benzene rings is 1. The lowest BCUT2D eigenvalue weighted by atomic mass is 10.1. The highest BCUT2D eigenvalue weighted by Gasteiger charge is 2.22. The molecule has 0 spiro atoms. The number of nitrogens with zero attached hydrogens (tertiary/aromatic N) is 3. The average molecular weight is 345 g/mol. The molecule has 25 heavy (non-hydrogen) atoms. The summed E-state index contributed by atoms with van der Waals surface area (Å²) in [4.78, 5) is 19.4. The number of rotatable bonds is 3. The summed E-state index contributed by atoms with van der Waals surface area (Å²) in [6.07, 6.45) is 1.62. The van der Waals surface area contributed by atoms with Crippen LogP contribution in [0.5, 0.6) is 0 Å². The summed E-state index contributed by atoms with van der Waals surface area (Å²) in [6.45, 7) is 10.8. The van der Waals surface area contributed by atoms with Crippen molar-refractivity contribution in [2.45, 2.75) is 39.0 Å². The smallest absolute Gasteiger partial charge is 0.253 e. The highest BCUT2D eigenvalue weighted by molar-refractivity contribution is 5.94. The molecule has 2 unspecified atom stereocenters. The first kappa shape index (κ1) is 18.4. The number of morpholine rings is 1. The number of ether oxygens (including phenoxy) is 1. The van der Waals surface area contributed by atoms with Crippen LogP contribution in [0.3, 0.4) is 0 Å². The summed E-state index contributed by atoms with van der Waals surface area (Å²) in [5, 5.41) is 0. The largest absolute Gasteiger partial charge is 0.373 e. The third kappa shape index (κ3) is 5.03. The molecule has 2 atom stereocenters. The molecule has 5 heteroatoms. The molecule has 1 amide bonds.